The van der Waals surface area contributed by atoms with Crippen molar-refractivity contribution < 1.29 is 14.6 Å². The van der Waals surface area contributed by atoms with Crippen LogP contribution in [0.1, 0.15) is 30.1 Å². The van der Waals surface area contributed by atoms with Crippen molar-refractivity contribution in [2.75, 3.05) is 19.8 Å². The quantitative estimate of drug-likeness (QED) is 0.897. The third kappa shape index (κ3) is 3.70. The average Bonchev–Trinajstić information content (AvgIpc) is 2.37. The third-order valence-corrected chi connectivity index (χ3v) is 4.07. The first-order valence-corrected chi connectivity index (χ1v) is 7.14. The molecule has 2 N–H and O–H groups in total. The SMILES string of the molecule is CC1(CNC(=O)c2ccc(Br)cc2O)CCOCC1. The van der Waals surface area contributed by atoms with Crippen molar-refractivity contribution in [1.82, 2.24) is 5.32 Å². The normalized spacial score (nSPS) is 18.0. The fraction of sp³-hybridized carbons (Fsp3) is 0.500. The maximum absolute atomic E-state index is 12.0. The minimum absolute atomic E-state index is 0.0102. The van der Waals surface area contributed by atoms with E-state index in [1.807, 2.05) is 0 Å². The van der Waals surface area contributed by atoms with E-state index in [-0.39, 0.29) is 17.1 Å². The summed E-state index contributed by atoms with van der Waals surface area (Å²) < 4.78 is 6.08. The third-order valence-electron chi connectivity index (χ3n) is 3.58. The Balaban J connectivity index is 1.97. The number of carbonyl (C=O) groups is 1. The fourth-order valence-electron chi connectivity index (χ4n) is 2.13. The topological polar surface area (TPSA) is 58.6 Å². The number of hydrogen-bond acceptors (Lipinski definition) is 3. The highest BCUT2D eigenvalue weighted by molar-refractivity contribution is 9.10. The van der Waals surface area contributed by atoms with Crippen molar-refractivity contribution in [2.24, 2.45) is 5.41 Å². The Bertz CT molecular complexity index is 470. The van der Waals surface area contributed by atoms with Gasteiger partial charge in [0.1, 0.15) is 5.75 Å². The number of phenolic OH excluding ortho intramolecular Hbond substituents is 1. The van der Waals surface area contributed by atoms with E-state index in [0.717, 1.165) is 30.5 Å². The number of phenols is 1. The molecule has 2 rings (SSSR count). The molecule has 0 aromatic heterocycles. The molecule has 0 spiro atoms. The predicted octanol–water partition coefficient (Wildman–Crippen LogP) is 2.70. The number of carbonyl (C=O) groups excluding carboxylic acids is 1. The monoisotopic (exact) mass is 327 g/mol. The molecule has 0 radical (unpaired) electrons. The van der Waals surface area contributed by atoms with E-state index in [9.17, 15) is 9.90 Å². The lowest BCUT2D eigenvalue weighted by atomic mass is 9.82. The first kappa shape index (κ1) is 14.3. The molecule has 4 nitrogen and oxygen atoms in total. The van der Waals surface area contributed by atoms with Gasteiger partial charge in [0.15, 0.2) is 0 Å². The summed E-state index contributed by atoms with van der Waals surface area (Å²) in [6.45, 7) is 4.24. The number of ether oxygens (including phenoxy) is 1. The molecule has 104 valence electrons. The van der Waals surface area contributed by atoms with Crippen LogP contribution in [0.5, 0.6) is 5.75 Å². The molecular formula is C14H18BrNO3. The van der Waals surface area contributed by atoms with Gasteiger partial charge >= 0.3 is 0 Å². The van der Waals surface area contributed by atoms with Gasteiger partial charge in [0.25, 0.3) is 5.91 Å². The summed E-state index contributed by atoms with van der Waals surface area (Å²) in [5, 5.41) is 12.7. The number of rotatable bonds is 3. The zero-order chi connectivity index (χ0) is 13.9. The molecule has 0 atom stereocenters. The van der Waals surface area contributed by atoms with Gasteiger partial charge in [-0.1, -0.05) is 22.9 Å². The van der Waals surface area contributed by atoms with E-state index in [2.05, 4.69) is 28.2 Å². The molecule has 0 aliphatic carbocycles. The summed E-state index contributed by atoms with van der Waals surface area (Å²) >= 11 is 3.25. The van der Waals surface area contributed by atoms with Crippen LogP contribution in [0.4, 0.5) is 0 Å². The molecule has 0 unspecified atom stereocenters. The van der Waals surface area contributed by atoms with E-state index >= 15 is 0 Å². The lowest BCUT2D eigenvalue weighted by Gasteiger charge is -2.33. The Hall–Kier alpha value is -1.07. The first-order chi connectivity index (χ1) is 9.00. The minimum atomic E-state index is -0.238. The molecule has 1 saturated heterocycles. The average molecular weight is 328 g/mol. The molecule has 5 heteroatoms. The molecule has 0 bridgehead atoms. The molecule has 1 aliphatic rings. The van der Waals surface area contributed by atoms with Crippen LogP contribution in [0, 0.1) is 5.41 Å². The Morgan fingerprint density at radius 1 is 1.47 bits per heavy atom. The number of nitrogens with one attached hydrogen (secondary N) is 1. The van der Waals surface area contributed by atoms with Crippen LogP contribution in [0.2, 0.25) is 0 Å². The summed E-state index contributed by atoms with van der Waals surface area (Å²) in [6, 6.07) is 4.87. The van der Waals surface area contributed by atoms with Crippen molar-refractivity contribution in [2.45, 2.75) is 19.8 Å². The van der Waals surface area contributed by atoms with E-state index in [0.29, 0.717) is 12.1 Å². The van der Waals surface area contributed by atoms with Crippen molar-refractivity contribution in [3.05, 3.63) is 28.2 Å². The highest BCUT2D eigenvalue weighted by Crippen LogP contribution is 2.29. The number of amides is 1. The van der Waals surface area contributed by atoms with Gasteiger partial charge in [-0.05, 0) is 36.5 Å². The maximum Gasteiger partial charge on any atom is 0.255 e. The lowest BCUT2D eigenvalue weighted by Crippen LogP contribution is -2.39. The molecule has 0 saturated carbocycles. The fourth-order valence-corrected chi connectivity index (χ4v) is 2.48. The molecular weight excluding hydrogens is 310 g/mol. The van der Waals surface area contributed by atoms with Gasteiger partial charge < -0.3 is 15.2 Å². The van der Waals surface area contributed by atoms with Gasteiger partial charge in [0.05, 0.1) is 5.56 Å². The second kappa shape index (κ2) is 5.92. The zero-order valence-corrected chi connectivity index (χ0v) is 12.5. The summed E-state index contributed by atoms with van der Waals surface area (Å²) in [5.41, 5.74) is 0.387. The summed E-state index contributed by atoms with van der Waals surface area (Å²) in [6.07, 6.45) is 1.89. The molecule has 1 aliphatic heterocycles. The van der Waals surface area contributed by atoms with Crippen molar-refractivity contribution in [3.8, 4) is 5.75 Å². The maximum atomic E-state index is 12.0. The van der Waals surface area contributed by atoms with Gasteiger partial charge in [-0.2, -0.15) is 0 Å². The van der Waals surface area contributed by atoms with Crippen LogP contribution < -0.4 is 5.32 Å². The lowest BCUT2D eigenvalue weighted by molar-refractivity contribution is 0.0238. The Kier molecular flexibility index (Phi) is 4.47. The van der Waals surface area contributed by atoms with Gasteiger partial charge in [-0.25, -0.2) is 0 Å². The van der Waals surface area contributed by atoms with Crippen LogP contribution in [-0.4, -0.2) is 30.8 Å². The Morgan fingerprint density at radius 2 is 2.16 bits per heavy atom. The van der Waals surface area contributed by atoms with E-state index in [1.165, 1.54) is 6.07 Å². The molecule has 1 amide bonds. The molecule has 1 heterocycles. The molecule has 1 fully saturated rings. The van der Waals surface area contributed by atoms with Crippen LogP contribution in [-0.2, 0) is 4.74 Å². The van der Waals surface area contributed by atoms with E-state index < -0.39 is 0 Å². The zero-order valence-electron chi connectivity index (χ0n) is 10.9. The molecule has 19 heavy (non-hydrogen) atoms. The Morgan fingerprint density at radius 3 is 2.79 bits per heavy atom. The number of halogens is 1. The smallest absolute Gasteiger partial charge is 0.255 e. The van der Waals surface area contributed by atoms with Gasteiger partial charge in [0.2, 0.25) is 0 Å². The molecule has 1 aromatic carbocycles. The first-order valence-electron chi connectivity index (χ1n) is 6.35. The van der Waals surface area contributed by atoms with Gasteiger partial charge in [-0.3, -0.25) is 4.79 Å². The van der Waals surface area contributed by atoms with Crippen molar-refractivity contribution in [3.63, 3.8) is 0 Å². The summed E-state index contributed by atoms with van der Waals surface area (Å²) in [7, 11) is 0. The summed E-state index contributed by atoms with van der Waals surface area (Å²) in [5.74, 6) is -0.248. The van der Waals surface area contributed by atoms with Crippen molar-refractivity contribution >= 4 is 21.8 Å². The van der Waals surface area contributed by atoms with Crippen LogP contribution in [0.15, 0.2) is 22.7 Å². The number of hydrogen-bond donors (Lipinski definition) is 2. The van der Waals surface area contributed by atoms with Crippen LogP contribution in [0.3, 0.4) is 0 Å². The minimum Gasteiger partial charge on any atom is -0.507 e. The highest BCUT2D eigenvalue weighted by atomic mass is 79.9. The second-order valence-electron chi connectivity index (χ2n) is 5.27. The second-order valence-corrected chi connectivity index (χ2v) is 6.18. The number of benzene rings is 1. The number of aromatic hydroxyl groups is 1. The highest BCUT2D eigenvalue weighted by Gasteiger charge is 2.28. The van der Waals surface area contributed by atoms with E-state index in [4.69, 9.17) is 4.74 Å². The van der Waals surface area contributed by atoms with Gasteiger partial charge in [0, 0.05) is 24.2 Å². The standard InChI is InChI=1S/C14H18BrNO3/c1-14(4-6-19-7-5-14)9-16-13(18)11-3-2-10(15)8-12(11)17/h2-3,8,17H,4-7,9H2,1H3,(H,16,18). The van der Waals surface area contributed by atoms with Crippen LogP contribution in [0.25, 0.3) is 0 Å². The van der Waals surface area contributed by atoms with E-state index in [1.54, 1.807) is 12.1 Å². The van der Waals surface area contributed by atoms with Crippen LogP contribution >= 0.6 is 15.9 Å². The predicted molar refractivity (Wildman–Crippen MR) is 76.3 cm³/mol. The summed E-state index contributed by atoms with van der Waals surface area (Å²) in [4.78, 5) is 12.0. The van der Waals surface area contributed by atoms with Crippen molar-refractivity contribution in [1.29, 1.82) is 0 Å². The van der Waals surface area contributed by atoms with Gasteiger partial charge in [-0.15, -0.1) is 0 Å². The Labute approximate surface area is 121 Å². The molecule has 1 aromatic rings. The largest absolute Gasteiger partial charge is 0.507 e.